The first-order chi connectivity index (χ1) is 12.7. The lowest BCUT2D eigenvalue weighted by molar-refractivity contribution is 0.102. The molecule has 2 heterocycles. The maximum Gasteiger partial charge on any atom is 0.261 e. The summed E-state index contributed by atoms with van der Waals surface area (Å²) in [5.41, 5.74) is 1.23. The minimum Gasteiger partial charge on any atom is -0.436 e. The lowest BCUT2D eigenvalue weighted by atomic mass is 10.1. The van der Waals surface area contributed by atoms with Crippen molar-refractivity contribution in [2.45, 2.75) is 18.4 Å². The molecule has 9 nitrogen and oxygen atoms in total. The number of pyridine rings is 1. The molecule has 10 heteroatoms. The van der Waals surface area contributed by atoms with Gasteiger partial charge in [0.05, 0.1) is 17.2 Å². The molecule has 3 rings (SSSR count). The van der Waals surface area contributed by atoms with Crippen molar-refractivity contribution < 1.29 is 22.7 Å². The fourth-order valence-electron chi connectivity index (χ4n) is 2.52. The number of aliphatic hydroxyl groups excluding tert-OH is 1. The second-order valence-corrected chi connectivity index (χ2v) is 7.34. The number of aromatic nitrogens is 1. The first-order valence-electron chi connectivity index (χ1n) is 7.72. The van der Waals surface area contributed by atoms with E-state index in [1.54, 1.807) is 6.92 Å². The molecule has 0 atom stereocenters. The topological polar surface area (TPSA) is 159 Å². The second-order valence-electron chi connectivity index (χ2n) is 5.78. The quantitative estimate of drug-likeness (QED) is 0.522. The van der Waals surface area contributed by atoms with E-state index in [-0.39, 0.29) is 22.6 Å². The summed E-state index contributed by atoms with van der Waals surface area (Å²) >= 11 is 0. The molecule has 0 saturated carbocycles. The van der Waals surface area contributed by atoms with Crippen molar-refractivity contribution in [3.63, 3.8) is 0 Å². The van der Waals surface area contributed by atoms with Crippen LogP contribution in [0.5, 0.6) is 0 Å². The van der Waals surface area contributed by atoms with Crippen LogP contribution in [0.25, 0.3) is 11.0 Å². The number of anilines is 1. The summed E-state index contributed by atoms with van der Waals surface area (Å²) < 4.78 is 28.0. The smallest absolute Gasteiger partial charge is 0.261 e. The number of hydrogen-bond acceptors (Lipinski definition) is 7. The zero-order valence-electron chi connectivity index (χ0n) is 14.2. The highest BCUT2D eigenvalue weighted by molar-refractivity contribution is 7.89. The van der Waals surface area contributed by atoms with Crippen molar-refractivity contribution in [1.29, 1.82) is 5.41 Å². The number of sulfonamides is 1. The standard InChI is InChI=1S/C17H16N4O5S/c1-9-15-13(10(8-22)7-20-9)6-14(16(18)26-15)17(23)21-11-2-4-12(5-3-11)27(19,24)25/h2-7,18,22H,8H2,1H3,(H,21,23)(H2,19,24,25). The molecule has 1 aromatic carbocycles. The summed E-state index contributed by atoms with van der Waals surface area (Å²) in [6.45, 7) is 1.39. The van der Waals surface area contributed by atoms with E-state index in [0.29, 0.717) is 27.9 Å². The lowest BCUT2D eigenvalue weighted by Crippen LogP contribution is -2.21. The van der Waals surface area contributed by atoms with Crippen molar-refractivity contribution in [2.24, 2.45) is 5.14 Å². The summed E-state index contributed by atoms with van der Waals surface area (Å²) in [7, 11) is -3.83. The lowest BCUT2D eigenvalue weighted by Gasteiger charge is -2.09. The number of carbonyl (C=O) groups excluding carboxylic acids is 1. The van der Waals surface area contributed by atoms with Gasteiger partial charge in [0, 0.05) is 22.8 Å². The zero-order chi connectivity index (χ0) is 19.8. The Labute approximate surface area is 154 Å². The van der Waals surface area contributed by atoms with Gasteiger partial charge in [-0.15, -0.1) is 0 Å². The highest BCUT2D eigenvalue weighted by Crippen LogP contribution is 2.21. The Balaban J connectivity index is 1.98. The largest absolute Gasteiger partial charge is 0.436 e. The number of primary sulfonamides is 1. The first-order valence-corrected chi connectivity index (χ1v) is 9.27. The van der Waals surface area contributed by atoms with E-state index in [1.165, 1.54) is 36.5 Å². The number of fused-ring (bicyclic) bond motifs is 1. The van der Waals surface area contributed by atoms with Crippen molar-refractivity contribution in [3.8, 4) is 0 Å². The van der Waals surface area contributed by atoms with E-state index in [9.17, 15) is 18.3 Å². The molecule has 0 fully saturated rings. The Morgan fingerprint density at radius 1 is 1.33 bits per heavy atom. The number of hydrogen-bond donors (Lipinski definition) is 4. The molecule has 0 bridgehead atoms. The summed E-state index contributed by atoms with van der Waals surface area (Å²) in [5, 5.41) is 25.5. The summed E-state index contributed by atoms with van der Waals surface area (Å²) in [6, 6.07) is 6.74. The predicted octanol–water partition coefficient (Wildman–Crippen LogP) is 1.01. The number of benzene rings is 1. The van der Waals surface area contributed by atoms with Crippen LogP contribution in [0.15, 0.2) is 45.8 Å². The van der Waals surface area contributed by atoms with Gasteiger partial charge in [-0.2, -0.15) is 0 Å². The van der Waals surface area contributed by atoms with Gasteiger partial charge < -0.3 is 14.8 Å². The van der Waals surface area contributed by atoms with E-state index in [4.69, 9.17) is 15.0 Å². The molecule has 140 valence electrons. The minimum atomic E-state index is -3.83. The van der Waals surface area contributed by atoms with Crippen molar-refractivity contribution >= 4 is 32.6 Å². The van der Waals surface area contributed by atoms with Crippen LogP contribution in [0.1, 0.15) is 21.6 Å². The monoisotopic (exact) mass is 388 g/mol. The van der Waals surface area contributed by atoms with E-state index >= 15 is 0 Å². The van der Waals surface area contributed by atoms with Gasteiger partial charge in [0.1, 0.15) is 5.56 Å². The maximum absolute atomic E-state index is 12.5. The van der Waals surface area contributed by atoms with Crippen LogP contribution in [0.4, 0.5) is 5.69 Å². The Bertz CT molecular complexity index is 1200. The fraction of sp³-hybridized carbons (Fsp3) is 0.118. The van der Waals surface area contributed by atoms with Gasteiger partial charge >= 0.3 is 0 Å². The molecular weight excluding hydrogens is 372 g/mol. The third-order valence-electron chi connectivity index (χ3n) is 3.93. The molecule has 0 spiro atoms. The van der Waals surface area contributed by atoms with Crippen molar-refractivity contribution in [2.75, 3.05) is 5.32 Å². The van der Waals surface area contributed by atoms with Crippen LogP contribution in [-0.2, 0) is 16.6 Å². The average Bonchev–Trinajstić information content (AvgIpc) is 2.61. The Hall–Kier alpha value is -3.08. The number of rotatable bonds is 4. The minimum absolute atomic E-state index is 0.0432. The maximum atomic E-state index is 12.5. The number of aryl methyl sites for hydroxylation is 1. The molecule has 27 heavy (non-hydrogen) atoms. The highest BCUT2D eigenvalue weighted by atomic mass is 32.2. The van der Waals surface area contributed by atoms with Crippen LogP contribution in [0.2, 0.25) is 0 Å². The van der Waals surface area contributed by atoms with Gasteiger partial charge in [0.25, 0.3) is 5.91 Å². The average molecular weight is 388 g/mol. The number of nitrogens with zero attached hydrogens (tertiary/aromatic N) is 1. The van der Waals surface area contributed by atoms with Crippen LogP contribution in [0, 0.1) is 12.3 Å². The van der Waals surface area contributed by atoms with Gasteiger partial charge in [0.2, 0.25) is 15.6 Å². The molecule has 0 aliphatic heterocycles. The Morgan fingerprint density at radius 3 is 2.59 bits per heavy atom. The summed E-state index contributed by atoms with van der Waals surface area (Å²) in [6.07, 6.45) is 1.48. The van der Waals surface area contributed by atoms with Gasteiger partial charge in [-0.1, -0.05) is 0 Å². The van der Waals surface area contributed by atoms with Gasteiger partial charge in [0.15, 0.2) is 5.58 Å². The normalized spacial score (nSPS) is 11.5. The molecule has 5 N–H and O–H groups in total. The third-order valence-corrected chi connectivity index (χ3v) is 4.86. The summed E-state index contributed by atoms with van der Waals surface area (Å²) in [4.78, 5) is 16.5. The number of carbonyl (C=O) groups is 1. The highest BCUT2D eigenvalue weighted by Gasteiger charge is 2.16. The molecule has 1 amide bonds. The van der Waals surface area contributed by atoms with Gasteiger partial charge in [-0.3, -0.25) is 15.2 Å². The molecule has 0 aliphatic carbocycles. The molecule has 0 unspecified atom stereocenters. The predicted molar refractivity (Wildman–Crippen MR) is 96.3 cm³/mol. The van der Waals surface area contributed by atoms with Gasteiger partial charge in [-0.25, -0.2) is 13.6 Å². The van der Waals surface area contributed by atoms with Crippen molar-refractivity contribution in [1.82, 2.24) is 4.98 Å². The second kappa shape index (κ2) is 6.91. The molecule has 0 aliphatic rings. The molecule has 0 radical (unpaired) electrons. The Kier molecular flexibility index (Phi) is 4.79. The van der Waals surface area contributed by atoms with Crippen LogP contribution >= 0.6 is 0 Å². The number of nitrogens with one attached hydrogen (secondary N) is 2. The molecule has 3 aromatic rings. The van der Waals surface area contributed by atoms with Crippen LogP contribution in [0.3, 0.4) is 0 Å². The first kappa shape index (κ1) is 18.7. The SMILES string of the molecule is Cc1ncc(CO)c2cc(C(=O)Nc3ccc(S(N)(=O)=O)cc3)c(=N)oc12. The van der Waals surface area contributed by atoms with E-state index in [2.05, 4.69) is 10.3 Å². The number of nitrogens with two attached hydrogens (primary N) is 1. The molecular formula is C17H16N4O5S. The van der Waals surface area contributed by atoms with E-state index < -0.39 is 15.9 Å². The summed E-state index contributed by atoms with van der Waals surface area (Å²) in [5.74, 6) is -0.618. The Morgan fingerprint density at radius 2 is 2.00 bits per heavy atom. The third kappa shape index (κ3) is 3.72. The molecule has 2 aromatic heterocycles. The van der Waals surface area contributed by atoms with Crippen LogP contribution < -0.4 is 16.0 Å². The van der Waals surface area contributed by atoms with Gasteiger partial charge in [-0.05, 0) is 37.3 Å². The molecule has 0 saturated heterocycles. The zero-order valence-corrected chi connectivity index (χ0v) is 15.0. The number of amides is 1. The van der Waals surface area contributed by atoms with Crippen LogP contribution in [-0.4, -0.2) is 24.4 Å². The number of aliphatic hydroxyl groups is 1. The van der Waals surface area contributed by atoms with E-state index in [0.717, 1.165) is 0 Å². The fourth-order valence-corrected chi connectivity index (χ4v) is 3.03. The van der Waals surface area contributed by atoms with E-state index in [1.807, 2.05) is 0 Å². The van der Waals surface area contributed by atoms with Crippen molar-refractivity contribution in [3.05, 3.63) is 58.9 Å².